The monoisotopic (exact) mass is 389 g/mol. The lowest BCUT2D eigenvalue weighted by atomic mass is 10.2. The van der Waals surface area contributed by atoms with Gasteiger partial charge in [0.2, 0.25) is 5.91 Å². The van der Waals surface area contributed by atoms with E-state index in [1.54, 1.807) is 18.3 Å². The molecule has 0 saturated carbocycles. The number of pyridine rings is 1. The molecule has 9 heteroatoms. The fraction of sp³-hybridized carbons (Fsp3) is 0.278. The number of benzene rings is 1. The third-order valence-corrected chi connectivity index (χ3v) is 4.25. The van der Waals surface area contributed by atoms with E-state index in [1.807, 2.05) is 30.3 Å². The highest BCUT2D eigenvalue weighted by Crippen LogP contribution is 2.12. The van der Waals surface area contributed by atoms with Crippen LogP contribution in [0.1, 0.15) is 5.56 Å². The van der Waals surface area contributed by atoms with Crippen molar-refractivity contribution in [3.05, 3.63) is 64.7 Å². The van der Waals surface area contributed by atoms with E-state index >= 15 is 0 Å². The van der Waals surface area contributed by atoms with Crippen molar-refractivity contribution in [3.8, 4) is 0 Å². The van der Waals surface area contributed by atoms with Crippen molar-refractivity contribution in [3.63, 3.8) is 0 Å². The molecule has 142 valence electrons. The highest BCUT2D eigenvalue weighted by atomic mass is 35.5. The molecular formula is C18H20ClN5O3. The van der Waals surface area contributed by atoms with Gasteiger partial charge in [-0.15, -0.1) is 17.5 Å². The molecule has 1 amide bonds. The van der Waals surface area contributed by atoms with Gasteiger partial charge in [-0.3, -0.25) is 9.20 Å². The van der Waals surface area contributed by atoms with Crippen molar-refractivity contribution >= 4 is 29.6 Å². The van der Waals surface area contributed by atoms with Crippen LogP contribution in [0, 0.1) is 0 Å². The maximum absolute atomic E-state index is 12.4. The third-order valence-electron chi connectivity index (χ3n) is 4.25. The predicted octanol–water partition coefficient (Wildman–Crippen LogP) is 0.893. The number of hydrogen-bond donors (Lipinski definition) is 2. The van der Waals surface area contributed by atoms with Crippen molar-refractivity contribution in [1.82, 2.24) is 19.5 Å². The van der Waals surface area contributed by atoms with E-state index in [9.17, 15) is 9.59 Å². The van der Waals surface area contributed by atoms with Gasteiger partial charge in [0.25, 0.3) is 0 Å². The molecule has 1 unspecified atom stereocenters. The Morgan fingerprint density at radius 1 is 1.30 bits per heavy atom. The first-order valence-electron chi connectivity index (χ1n) is 8.46. The second kappa shape index (κ2) is 8.34. The minimum absolute atomic E-state index is 0. The maximum atomic E-state index is 12.4. The topological polar surface area (TPSA) is 89.7 Å². The van der Waals surface area contributed by atoms with Crippen LogP contribution in [0.4, 0.5) is 5.69 Å². The number of morpholine rings is 1. The summed E-state index contributed by atoms with van der Waals surface area (Å²) in [6.45, 7) is 1.97. The first-order valence-corrected chi connectivity index (χ1v) is 8.46. The smallest absolute Gasteiger partial charge is 0.350 e. The number of carbonyl (C=O) groups is 1. The molecule has 1 aromatic carbocycles. The number of fused-ring (bicyclic) bond motifs is 1. The molecule has 1 atom stereocenters. The zero-order valence-corrected chi connectivity index (χ0v) is 15.3. The predicted molar refractivity (Wildman–Crippen MR) is 103 cm³/mol. The van der Waals surface area contributed by atoms with Crippen molar-refractivity contribution in [2.75, 3.05) is 25.1 Å². The lowest BCUT2D eigenvalue weighted by Crippen LogP contribution is -2.48. The summed E-state index contributed by atoms with van der Waals surface area (Å²) >= 11 is 0. The standard InChI is InChI=1S/C18H19N5O3.ClH/c24-17(15-12-26-9-7-19-15)20-14-5-3-4-13(10-14)11-23-18(25)22-8-2-1-6-16(22)21-23;/h1-6,8,10,15,19H,7,9,11-12H2,(H,20,24);1H. The Morgan fingerprint density at radius 3 is 2.96 bits per heavy atom. The average Bonchev–Trinajstić information content (AvgIpc) is 2.99. The van der Waals surface area contributed by atoms with E-state index in [0.29, 0.717) is 37.6 Å². The number of anilines is 1. The van der Waals surface area contributed by atoms with Crippen molar-refractivity contribution < 1.29 is 9.53 Å². The van der Waals surface area contributed by atoms with Gasteiger partial charge in [0.05, 0.1) is 19.8 Å². The van der Waals surface area contributed by atoms with Crippen LogP contribution in [-0.2, 0) is 16.1 Å². The molecule has 1 fully saturated rings. The fourth-order valence-corrected chi connectivity index (χ4v) is 2.95. The van der Waals surface area contributed by atoms with E-state index in [0.717, 1.165) is 5.56 Å². The van der Waals surface area contributed by atoms with Crippen LogP contribution in [0.25, 0.3) is 5.65 Å². The molecule has 3 aromatic rings. The number of rotatable bonds is 4. The maximum Gasteiger partial charge on any atom is 0.350 e. The zero-order chi connectivity index (χ0) is 17.9. The number of nitrogens with zero attached hydrogens (tertiary/aromatic N) is 3. The summed E-state index contributed by atoms with van der Waals surface area (Å²) in [5.74, 6) is -0.133. The van der Waals surface area contributed by atoms with E-state index < -0.39 is 0 Å². The molecule has 2 N–H and O–H groups in total. The van der Waals surface area contributed by atoms with Gasteiger partial charge < -0.3 is 15.4 Å². The van der Waals surface area contributed by atoms with Gasteiger partial charge in [-0.2, -0.15) is 0 Å². The molecule has 1 saturated heterocycles. The van der Waals surface area contributed by atoms with E-state index in [4.69, 9.17) is 4.74 Å². The molecule has 1 aliphatic rings. The van der Waals surface area contributed by atoms with Gasteiger partial charge in [0.15, 0.2) is 5.65 Å². The van der Waals surface area contributed by atoms with Crippen LogP contribution < -0.4 is 16.3 Å². The van der Waals surface area contributed by atoms with Gasteiger partial charge in [-0.1, -0.05) is 18.2 Å². The Bertz CT molecular complexity index is 994. The third kappa shape index (κ3) is 4.19. The normalized spacial score (nSPS) is 16.7. The molecule has 27 heavy (non-hydrogen) atoms. The lowest BCUT2D eigenvalue weighted by Gasteiger charge is -2.23. The number of halogens is 1. The van der Waals surface area contributed by atoms with Crippen molar-refractivity contribution in [2.45, 2.75) is 12.6 Å². The van der Waals surface area contributed by atoms with E-state index in [1.165, 1.54) is 9.08 Å². The molecule has 1 aliphatic heterocycles. The van der Waals surface area contributed by atoms with Gasteiger partial charge in [0, 0.05) is 18.4 Å². The van der Waals surface area contributed by atoms with Crippen LogP contribution in [0.15, 0.2) is 53.5 Å². The number of aromatic nitrogens is 3. The molecule has 0 bridgehead atoms. The van der Waals surface area contributed by atoms with Crippen LogP contribution in [0.2, 0.25) is 0 Å². The summed E-state index contributed by atoms with van der Waals surface area (Å²) < 4.78 is 8.22. The highest BCUT2D eigenvalue weighted by Gasteiger charge is 2.21. The summed E-state index contributed by atoms with van der Waals surface area (Å²) in [6, 6.07) is 12.5. The lowest BCUT2D eigenvalue weighted by molar-refractivity contribution is -0.120. The van der Waals surface area contributed by atoms with E-state index in [-0.39, 0.29) is 30.0 Å². The van der Waals surface area contributed by atoms with Crippen LogP contribution >= 0.6 is 12.4 Å². The summed E-state index contributed by atoms with van der Waals surface area (Å²) in [6.07, 6.45) is 1.69. The highest BCUT2D eigenvalue weighted by molar-refractivity contribution is 5.95. The first-order chi connectivity index (χ1) is 12.7. The summed E-state index contributed by atoms with van der Waals surface area (Å²) in [4.78, 5) is 24.7. The fourth-order valence-electron chi connectivity index (χ4n) is 2.95. The number of ether oxygens (including phenoxy) is 1. The number of hydrogen-bond acceptors (Lipinski definition) is 5. The molecule has 8 nitrogen and oxygen atoms in total. The zero-order valence-electron chi connectivity index (χ0n) is 14.5. The first kappa shape index (κ1) is 19.1. The second-order valence-electron chi connectivity index (χ2n) is 6.14. The Labute approximate surface area is 161 Å². The number of nitrogens with one attached hydrogen (secondary N) is 2. The van der Waals surface area contributed by atoms with Crippen LogP contribution in [0.5, 0.6) is 0 Å². The molecule has 2 aromatic heterocycles. The van der Waals surface area contributed by atoms with Crippen LogP contribution in [0.3, 0.4) is 0 Å². The van der Waals surface area contributed by atoms with Crippen molar-refractivity contribution in [1.29, 1.82) is 0 Å². The van der Waals surface area contributed by atoms with Crippen molar-refractivity contribution in [2.24, 2.45) is 0 Å². The molecular weight excluding hydrogens is 370 g/mol. The Kier molecular flexibility index (Phi) is 5.90. The Balaban J connectivity index is 0.00000210. The van der Waals surface area contributed by atoms with E-state index in [2.05, 4.69) is 15.7 Å². The molecule has 0 aliphatic carbocycles. The minimum atomic E-state index is -0.353. The summed E-state index contributed by atoms with van der Waals surface area (Å²) in [5, 5.41) is 10.3. The minimum Gasteiger partial charge on any atom is -0.378 e. The van der Waals surface area contributed by atoms with Gasteiger partial charge in [-0.05, 0) is 29.8 Å². The summed E-state index contributed by atoms with van der Waals surface area (Å²) in [5.41, 5.74) is 1.96. The SMILES string of the molecule is Cl.O=C(Nc1cccc(Cn2nc3ccccn3c2=O)c1)C1COCCN1. The largest absolute Gasteiger partial charge is 0.378 e. The van der Waals surface area contributed by atoms with Gasteiger partial charge >= 0.3 is 5.69 Å². The quantitative estimate of drug-likeness (QED) is 0.691. The summed E-state index contributed by atoms with van der Waals surface area (Å²) in [7, 11) is 0. The molecule has 4 rings (SSSR count). The van der Waals surface area contributed by atoms with Gasteiger partial charge in [0.1, 0.15) is 6.04 Å². The molecule has 0 radical (unpaired) electrons. The van der Waals surface area contributed by atoms with Crippen LogP contribution in [-0.4, -0.2) is 45.9 Å². The number of carbonyl (C=O) groups excluding carboxylic acids is 1. The molecule has 3 heterocycles. The Morgan fingerprint density at radius 2 is 2.19 bits per heavy atom. The van der Waals surface area contributed by atoms with Gasteiger partial charge in [-0.25, -0.2) is 9.48 Å². The molecule has 0 spiro atoms. The number of amides is 1. The second-order valence-corrected chi connectivity index (χ2v) is 6.14. The average molecular weight is 390 g/mol. The Hall–Kier alpha value is -2.68.